The third-order valence-corrected chi connectivity index (χ3v) is 2.84. The van der Waals surface area contributed by atoms with Crippen LogP contribution in [0.1, 0.15) is 25.8 Å². The second-order valence-corrected chi connectivity index (χ2v) is 4.61. The number of rotatable bonds is 9. The lowest BCUT2D eigenvalue weighted by atomic mass is 10.1. The van der Waals surface area contributed by atoms with E-state index in [1.165, 1.54) is 0 Å². The van der Waals surface area contributed by atoms with Gasteiger partial charge in [-0.15, -0.1) is 0 Å². The van der Waals surface area contributed by atoms with Crippen LogP contribution in [0.3, 0.4) is 0 Å². The maximum atomic E-state index is 5.53. The van der Waals surface area contributed by atoms with Crippen molar-refractivity contribution < 1.29 is 9.47 Å². The van der Waals surface area contributed by atoms with Crippen molar-refractivity contribution in [2.24, 2.45) is 0 Å². The molecule has 0 radical (unpaired) electrons. The SMILES string of the molecule is C=CCOc1ccc(/C=C/C(C)NCCC)cc1OC. The summed E-state index contributed by atoms with van der Waals surface area (Å²) in [5.74, 6) is 1.48. The van der Waals surface area contributed by atoms with E-state index in [2.05, 4.69) is 37.9 Å². The summed E-state index contributed by atoms with van der Waals surface area (Å²) in [6.45, 7) is 9.45. The lowest BCUT2D eigenvalue weighted by Gasteiger charge is -2.10. The molecule has 110 valence electrons. The van der Waals surface area contributed by atoms with E-state index >= 15 is 0 Å². The lowest BCUT2D eigenvalue weighted by Crippen LogP contribution is -2.24. The number of methoxy groups -OCH3 is 1. The third-order valence-electron chi connectivity index (χ3n) is 2.84. The molecule has 0 aliphatic heterocycles. The van der Waals surface area contributed by atoms with E-state index in [-0.39, 0.29) is 0 Å². The molecule has 1 N–H and O–H groups in total. The summed E-state index contributed by atoms with van der Waals surface area (Å²) in [5, 5.41) is 3.42. The maximum Gasteiger partial charge on any atom is 0.161 e. The second kappa shape index (κ2) is 9.21. The number of benzene rings is 1. The Hall–Kier alpha value is -1.74. The van der Waals surface area contributed by atoms with E-state index in [0.29, 0.717) is 12.6 Å². The van der Waals surface area contributed by atoms with Gasteiger partial charge in [0.1, 0.15) is 6.61 Å². The van der Waals surface area contributed by atoms with Gasteiger partial charge in [0.2, 0.25) is 0 Å². The summed E-state index contributed by atoms with van der Waals surface area (Å²) < 4.78 is 10.9. The van der Waals surface area contributed by atoms with Gasteiger partial charge in [-0.2, -0.15) is 0 Å². The van der Waals surface area contributed by atoms with Crippen LogP contribution in [0, 0.1) is 0 Å². The number of hydrogen-bond acceptors (Lipinski definition) is 3. The normalized spacial score (nSPS) is 12.3. The number of nitrogens with one attached hydrogen (secondary N) is 1. The van der Waals surface area contributed by atoms with Gasteiger partial charge in [0.25, 0.3) is 0 Å². The third kappa shape index (κ3) is 5.49. The van der Waals surface area contributed by atoms with E-state index in [1.54, 1.807) is 13.2 Å². The van der Waals surface area contributed by atoms with E-state index in [0.717, 1.165) is 30.0 Å². The average molecular weight is 275 g/mol. The molecule has 0 fully saturated rings. The van der Waals surface area contributed by atoms with Crippen LogP contribution in [0.25, 0.3) is 6.08 Å². The highest BCUT2D eigenvalue weighted by atomic mass is 16.5. The van der Waals surface area contributed by atoms with Gasteiger partial charge in [-0.1, -0.05) is 37.8 Å². The van der Waals surface area contributed by atoms with E-state index in [1.807, 2.05) is 18.2 Å². The predicted octanol–water partition coefficient (Wildman–Crippen LogP) is 3.66. The van der Waals surface area contributed by atoms with Gasteiger partial charge < -0.3 is 14.8 Å². The molecule has 1 atom stereocenters. The molecule has 20 heavy (non-hydrogen) atoms. The van der Waals surface area contributed by atoms with Gasteiger partial charge in [-0.25, -0.2) is 0 Å². The van der Waals surface area contributed by atoms with Crippen LogP contribution in [0.5, 0.6) is 11.5 Å². The predicted molar refractivity (Wildman–Crippen MR) is 85.5 cm³/mol. The summed E-state index contributed by atoms with van der Waals surface area (Å²) in [7, 11) is 1.65. The Morgan fingerprint density at radius 3 is 2.80 bits per heavy atom. The van der Waals surface area contributed by atoms with E-state index in [9.17, 15) is 0 Å². The van der Waals surface area contributed by atoms with Crippen LogP contribution < -0.4 is 14.8 Å². The minimum absolute atomic E-state index is 0.359. The van der Waals surface area contributed by atoms with Gasteiger partial charge in [-0.3, -0.25) is 0 Å². The highest BCUT2D eigenvalue weighted by molar-refractivity contribution is 5.56. The molecule has 0 saturated carbocycles. The lowest BCUT2D eigenvalue weighted by molar-refractivity contribution is 0.326. The molecule has 0 heterocycles. The standard InChI is InChI=1S/C17H25NO2/c1-5-11-18-14(3)7-8-15-9-10-16(20-12-6-2)17(13-15)19-4/h6-10,13-14,18H,2,5,11-12H2,1,3-4H3/b8-7+. The monoisotopic (exact) mass is 275 g/mol. The van der Waals surface area contributed by atoms with Crippen LogP contribution in [0.4, 0.5) is 0 Å². The smallest absolute Gasteiger partial charge is 0.161 e. The van der Waals surface area contributed by atoms with Gasteiger partial charge in [0, 0.05) is 6.04 Å². The van der Waals surface area contributed by atoms with Crippen molar-refractivity contribution in [1.29, 1.82) is 0 Å². The molecule has 0 aromatic heterocycles. The van der Waals surface area contributed by atoms with Crippen molar-refractivity contribution in [3.63, 3.8) is 0 Å². The van der Waals surface area contributed by atoms with Crippen molar-refractivity contribution in [3.05, 3.63) is 42.5 Å². The molecule has 3 heteroatoms. The molecule has 0 saturated heterocycles. The van der Waals surface area contributed by atoms with Crippen molar-refractivity contribution in [2.45, 2.75) is 26.3 Å². The molecule has 1 unspecified atom stereocenters. The fourth-order valence-electron chi connectivity index (χ4n) is 1.75. The summed E-state index contributed by atoms with van der Waals surface area (Å²) >= 11 is 0. The van der Waals surface area contributed by atoms with Crippen molar-refractivity contribution in [1.82, 2.24) is 5.32 Å². The molecule has 0 aliphatic carbocycles. The average Bonchev–Trinajstić information content (AvgIpc) is 2.49. The molecule has 0 amide bonds. The fourth-order valence-corrected chi connectivity index (χ4v) is 1.75. The molecular formula is C17H25NO2. The largest absolute Gasteiger partial charge is 0.493 e. The molecule has 1 aromatic carbocycles. The van der Waals surface area contributed by atoms with Crippen LogP contribution in [0.2, 0.25) is 0 Å². The summed E-state index contributed by atoms with van der Waals surface area (Å²) in [6, 6.07) is 6.27. The molecule has 0 aliphatic rings. The molecular weight excluding hydrogens is 250 g/mol. The summed E-state index contributed by atoms with van der Waals surface area (Å²) in [5.41, 5.74) is 1.10. The van der Waals surface area contributed by atoms with Crippen molar-refractivity contribution in [2.75, 3.05) is 20.3 Å². The molecule has 0 spiro atoms. The zero-order valence-electron chi connectivity index (χ0n) is 12.7. The molecule has 3 nitrogen and oxygen atoms in total. The van der Waals surface area contributed by atoms with E-state index < -0.39 is 0 Å². The van der Waals surface area contributed by atoms with Gasteiger partial charge in [0.05, 0.1) is 7.11 Å². The Labute approximate surface area is 122 Å². The first-order valence-corrected chi connectivity index (χ1v) is 7.04. The highest BCUT2D eigenvalue weighted by Crippen LogP contribution is 2.28. The van der Waals surface area contributed by atoms with Gasteiger partial charge in [0.15, 0.2) is 11.5 Å². The zero-order valence-corrected chi connectivity index (χ0v) is 12.7. The van der Waals surface area contributed by atoms with Crippen molar-refractivity contribution >= 4 is 6.08 Å². The molecule has 1 rings (SSSR count). The van der Waals surface area contributed by atoms with E-state index in [4.69, 9.17) is 9.47 Å². The fraction of sp³-hybridized carbons (Fsp3) is 0.412. The second-order valence-electron chi connectivity index (χ2n) is 4.61. The first-order chi connectivity index (χ1) is 9.71. The van der Waals surface area contributed by atoms with Gasteiger partial charge >= 0.3 is 0 Å². The topological polar surface area (TPSA) is 30.5 Å². The Kier molecular flexibility index (Phi) is 7.51. The van der Waals surface area contributed by atoms with Crippen molar-refractivity contribution in [3.8, 4) is 11.5 Å². The minimum atomic E-state index is 0.359. The quantitative estimate of drug-likeness (QED) is 0.698. The maximum absolute atomic E-state index is 5.53. The van der Waals surface area contributed by atoms with Crippen LogP contribution in [-0.4, -0.2) is 26.3 Å². The number of ether oxygens (including phenoxy) is 2. The highest BCUT2D eigenvalue weighted by Gasteiger charge is 2.04. The Morgan fingerprint density at radius 1 is 1.35 bits per heavy atom. The van der Waals surface area contributed by atoms with Gasteiger partial charge in [-0.05, 0) is 37.6 Å². The Morgan fingerprint density at radius 2 is 2.15 bits per heavy atom. The van der Waals surface area contributed by atoms with Crippen LogP contribution in [-0.2, 0) is 0 Å². The van der Waals surface area contributed by atoms with Crippen LogP contribution >= 0.6 is 0 Å². The molecule has 1 aromatic rings. The first kappa shape index (κ1) is 16.3. The summed E-state index contributed by atoms with van der Waals surface area (Å²) in [6.07, 6.45) is 7.09. The Bertz CT molecular complexity index is 441. The van der Waals surface area contributed by atoms with Crippen LogP contribution in [0.15, 0.2) is 36.9 Å². The Balaban J connectivity index is 2.71. The summed E-state index contributed by atoms with van der Waals surface area (Å²) in [4.78, 5) is 0. The molecule has 0 bridgehead atoms. The number of hydrogen-bond donors (Lipinski definition) is 1. The first-order valence-electron chi connectivity index (χ1n) is 7.04. The zero-order chi connectivity index (χ0) is 14.8. The minimum Gasteiger partial charge on any atom is -0.493 e.